The highest BCUT2D eigenvalue weighted by molar-refractivity contribution is 7.20. The van der Waals surface area contributed by atoms with E-state index in [1.807, 2.05) is 6.92 Å². The summed E-state index contributed by atoms with van der Waals surface area (Å²) in [6, 6.07) is 10.9. The first-order valence-corrected chi connectivity index (χ1v) is 10.4. The Balaban J connectivity index is 1.63. The first-order valence-electron chi connectivity index (χ1n) is 9.54. The molecule has 0 aliphatic carbocycles. The Morgan fingerprint density at radius 2 is 2.00 bits per heavy atom. The van der Waals surface area contributed by atoms with E-state index in [2.05, 4.69) is 50.5 Å². The lowest BCUT2D eigenvalue weighted by Crippen LogP contribution is -2.31. The van der Waals surface area contributed by atoms with Gasteiger partial charge in [-0.25, -0.2) is 14.8 Å². The molecule has 1 aliphatic rings. The van der Waals surface area contributed by atoms with Crippen LogP contribution in [-0.2, 0) is 4.74 Å². The van der Waals surface area contributed by atoms with Crippen LogP contribution in [0.2, 0.25) is 0 Å². The van der Waals surface area contributed by atoms with E-state index >= 15 is 0 Å². The number of aryl methyl sites for hydroxylation is 1. The number of esters is 1. The number of carbonyl (C=O) groups is 1. The topological polar surface area (TPSA) is 67.3 Å². The molecular weight excluding hydrogens is 372 g/mol. The van der Waals surface area contributed by atoms with Gasteiger partial charge in [0.05, 0.1) is 18.5 Å². The number of hydrogen-bond donors (Lipinski definition) is 1. The lowest BCUT2D eigenvalue weighted by Gasteiger charge is -2.28. The van der Waals surface area contributed by atoms with Crippen LogP contribution in [0.5, 0.6) is 0 Å². The van der Waals surface area contributed by atoms with Crippen LogP contribution in [0.15, 0.2) is 36.7 Å². The minimum absolute atomic E-state index is 0.285. The first-order chi connectivity index (χ1) is 13.7. The first kappa shape index (κ1) is 18.8. The van der Waals surface area contributed by atoms with Crippen molar-refractivity contribution in [2.75, 3.05) is 32.1 Å². The average Bonchev–Trinajstić information content (AvgIpc) is 3.37. The van der Waals surface area contributed by atoms with Crippen LogP contribution in [0.3, 0.4) is 0 Å². The van der Waals surface area contributed by atoms with E-state index < -0.39 is 0 Å². The smallest absolute Gasteiger partial charge is 0.348 e. The van der Waals surface area contributed by atoms with Gasteiger partial charge in [0.15, 0.2) is 0 Å². The lowest BCUT2D eigenvalue weighted by atomic mass is 10.1. The number of anilines is 1. The SMILES string of the molecule is COC(=O)c1sc2ncnc(NCC(c3ccccc3)N3CCCC3)c2c1C. The number of benzene rings is 1. The maximum absolute atomic E-state index is 12.1. The summed E-state index contributed by atoms with van der Waals surface area (Å²) in [5.74, 6) is 0.444. The van der Waals surface area contributed by atoms with Crippen LogP contribution in [0.1, 0.15) is 39.7 Å². The monoisotopic (exact) mass is 396 g/mol. The molecule has 1 N–H and O–H groups in total. The Hall–Kier alpha value is -2.51. The van der Waals surface area contributed by atoms with Crippen molar-refractivity contribution < 1.29 is 9.53 Å². The van der Waals surface area contributed by atoms with Gasteiger partial charge in [-0.3, -0.25) is 4.90 Å². The molecule has 0 saturated carbocycles. The summed E-state index contributed by atoms with van der Waals surface area (Å²) in [7, 11) is 1.40. The van der Waals surface area contributed by atoms with Crippen molar-refractivity contribution in [3.05, 3.63) is 52.7 Å². The average molecular weight is 397 g/mol. The molecule has 1 atom stereocenters. The highest BCUT2D eigenvalue weighted by atomic mass is 32.1. The zero-order valence-electron chi connectivity index (χ0n) is 16.1. The van der Waals surface area contributed by atoms with Crippen molar-refractivity contribution >= 4 is 33.3 Å². The fourth-order valence-corrected chi connectivity index (χ4v) is 4.94. The number of rotatable bonds is 6. The molecule has 1 unspecified atom stereocenters. The molecule has 0 radical (unpaired) electrons. The summed E-state index contributed by atoms with van der Waals surface area (Å²) in [6.07, 6.45) is 4.04. The van der Waals surface area contributed by atoms with Crippen LogP contribution < -0.4 is 5.32 Å². The maximum atomic E-state index is 12.1. The molecule has 1 aliphatic heterocycles. The van der Waals surface area contributed by atoms with Crippen molar-refractivity contribution in [1.82, 2.24) is 14.9 Å². The predicted molar refractivity (Wildman–Crippen MR) is 112 cm³/mol. The second-order valence-electron chi connectivity index (χ2n) is 7.00. The van der Waals surface area contributed by atoms with Gasteiger partial charge in [0.25, 0.3) is 0 Å². The fourth-order valence-electron chi connectivity index (χ4n) is 3.87. The van der Waals surface area contributed by atoms with Gasteiger partial charge in [-0.1, -0.05) is 30.3 Å². The molecule has 4 rings (SSSR count). The molecule has 0 amide bonds. The van der Waals surface area contributed by atoms with Crippen molar-refractivity contribution in [1.29, 1.82) is 0 Å². The molecule has 1 aromatic carbocycles. The van der Waals surface area contributed by atoms with Gasteiger partial charge >= 0.3 is 5.97 Å². The number of ether oxygens (including phenoxy) is 1. The summed E-state index contributed by atoms with van der Waals surface area (Å²) >= 11 is 1.35. The number of thiophene rings is 1. The highest BCUT2D eigenvalue weighted by Crippen LogP contribution is 2.34. The van der Waals surface area contributed by atoms with Crippen molar-refractivity contribution in [2.45, 2.75) is 25.8 Å². The fraction of sp³-hybridized carbons (Fsp3) is 0.381. The van der Waals surface area contributed by atoms with Crippen LogP contribution in [0.25, 0.3) is 10.2 Å². The van der Waals surface area contributed by atoms with Crippen LogP contribution in [0.4, 0.5) is 5.82 Å². The zero-order chi connectivity index (χ0) is 19.5. The molecule has 1 saturated heterocycles. The second kappa shape index (κ2) is 8.24. The molecule has 6 nitrogen and oxygen atoms in total. The molecule has 7 heteroatoms. The van der Waals surface area contributed by atoms with E-state index in [1.54, 1.807) is 6.33 Å². The number of likely N-dealkylation sites (tertiary alicyclic amines) is 1. The number of fused-ring (bicyclic) bond motifs is 1. The quantitative estimate of drug-likeness (QED) is 0.635. The second-order valence-corrected chi connectivity index (χ2v) is 8.00. The van der Waals surface area contributed by atoms with E-state index in [0.29, 0.717) is 4.88 Å². The Morgan fingerprint density at radius 3 is 2.71 bits per heavy atom. The summed E-state index contributed by atoms with van der Waals surface area (Å²) in [5, 5.41) is 4.44. The zero-order valence-corrected chi connectivity index (χ0v) is 17.0. The van der Waals surface area contributed by atoms with Gasteiger partial charge < -0.3 is 10.1 Å². The Morgan fingerprint density at radius 1 is 1.25 bits per heavy atom. The number of methoxy groups -OCH3 is 1. The van der Waals surface area contributed by atoms with E-state index in [4.69, 9.17) is 4.74 Å². The molecule has 1 fully saturated rings. The van der Waals surface area contributed by atoms with Crippen LogP contribution in [-0.4, -0.2) is 47.6 Å². The van der Waals surface area contributed by atoms with Crippen LogP contribution >= 0.6 is 11.3 Å². The normalized spacial score (nSPS) is 15.6. The molecule has 28 heavy (non-hydrogen) atoms. The summed E-state index contributed by atoms with van der Waals surface area (Å²) in [5.41, 5.74) is 2.17. The summed E-state index contributed by atoms with van der Waals surface area (Å²) in [4.78, 5) is 24.8. The Bertz CT molecular complexity index is 967. The van der Waals surface area contributed by atoms with Crippen molar-refractivity contribution in [2.24, 2.45) is 0 Å². The van der Waals surface area contributed by atoms with Gasteiger partial charge in [0.2, 0.25) is 0 Å². The number of nitrogens with one attached hydrogen (secondary N) is 1. The summed E-state index contributed by atoms with van der Waals surface area (Å²) in [6.45, 7) is 4.91. The van der Waals surface area contributed by atoms with Gasteiger partial charge in [0, 0.05) is 6.54 Å². The van der Waals surface area contributed by atoms with Crippen molar-refractivity contribution in [3.8, 4) is 0 Å². The number of hydrogen-bond acceptors (Lipinski definition) is 7. The van der Waals surface area contributed by atoms with E-state index in [1.165, 1.54) is 36.9 Å². The Labute approximate surface area is 168 Å². The largest absolute Gasteiger partial charge is 0.465 e. The Kier molecular flexibility index (Phi) is 5.54. The minimum atomic E-state index is -0.328. The molecule has 0 spiro atoms. The highest BCUT2D eigenvalue weighted by Gasteiger charge is 2.24. The number of aromatic nitrogens is 2. The third kappa shape index (κ3) is 3.59. The number of nitrogens with zero attached hydrogens (tertiary/aromatic N) is 3. The van der Waals surface area contributed by atoms with E-state index in [9.17, 15) is 4.79 Å². The number of carbonyl (C=O) groups excluding carboxylic acids is 1. The van der Waals surface area contributed by atoms with Crippen LogP contribution in [0, 0.1) is 6.92 Å². The lowest BCUT2D eigenvalue weighted by molar-refractivity contribution is 0.0605. The molecule has 146 valence electrons. The van der Waals surface area contributed by atoms with Gasteiger partial charge in [-0.2, -0.15) is 0 Å². The van der Waals surface area contributed by atoms with Crippen molar-refractivity contribution in [3.63, 3.8) is 0 Å². The standard InChI is InChI=1S/C21H24N4O2S/c1-14-17-19(23-13-24-20(17)28-18(14)21(26)27-2)22-12-16(25-10-6-7-11-25)15-8-4-3-5-9-15/h3-5,8-9,13,16H,6-7,10-12H2,1-2H3,(H,22,23,24). The maximum Gasteiger partial charge on any atom is 0.348 e. The van der Waals surface area contributed by atoms with Gasteiger partial charge in [0.1, 0.15) is 21.9 Å². The molecular formula is C21H24N4O2S. The molecule has 3 heterocycles. The minimum Gasteiger partial charge on any atom is -0.465 e. The molecule has 3 aromatic rings. The summed E-state index contributed by atoms with van der Waals surface area (Å²) < 4.78 is 4.91. The predicted octanol–water partition coefficient (Wildman–Crippen LogP) is 4.04. The molecule has 2 aromatic heterocycles. The van der Waals surface area contributed by atoms with Gasteiger partial charge in [-0.05, 0) is 44.0 Å². The van der Waals surface area contributed by atoms with E-state index in [-0.39, 0.29) is 12.0 Å². The third-order valence-electron chi connectivity index (χ3n) is 5.33. The van der Waals surface area contributed by atoms with Gasteiger partial charge in [-0.15, -0.1) is 11.3 Å². The molecule has 0 bridgehead atoms. The van der Waals surface area contributed by atoms with E-state index in [0.717, 1.165) is 41.2 Å². The third-order valence-corrected chi connectivity index (χ3v) is 6.51.